The first-order valence-electron chi connectivity index (χ1n) is 10.3. The molecule has 172 valence electrons. The smallest absolute Gasteiger partial charge is 0.408 e. The van der Waals surface area contributed by atoms with E-state index in [1.54, 1.807) is 6.92 Å². The molecule has 1 aromatic rings. The molecule has 0 radical (unpaired) electrons. The molecule has 0 fully saturated rings. The molecule has 3 N–H and O–H groups in total. The quantitative estimate of drug-likeness (QED) is 0.408. The number of hydrogen-bond acceptors (Lipinski definition) is 6. The monoisotopic (exact) mass is 436 g/mol. The summed E-state index contributed by atoms with van der Waals surface area (Å²) in [5.41, 5.74) is 0.803. The van der Waals surface area contributed by atoms with E-state index in [1.165, 1.54) is 0 Å². The lowest BCUT2D eigenvalue weighted by molar-refractivity contribution is -0.138. The number of carboxylic acids is 1. The molecule has 0 aliphatic carbocycles. The molecule has 31 heavy (non-hydrogen) atoms. The van der Waals surface area contributed by atoms with Gasteiger partial charge in [0.25, 0.3) is 0 Å². The van der Waals surface area contributed by atoms with Crippen LogP contribution in [-0.2, 0) is 30.5 Å². The van der Waals surface area contributed by atoms with E-state index in [2.05, 4.69) is 10.6 Å². The van der Waals surface area contributed by atoms with Crippen molar-refractivity contribution in [3.63, 3.8) is 0 Å². The molecule has 9 heteroatoms. The summed E-state index contributed by atoms with van der Waals surface area (Å²) in [6, 6.07) is 7.15. The zero-order valence-electron chi connectivity index (χ0n) is 18.3. The fraction of sp³-hybridized carbons (Fsp3) is 0.545. The van der Waals surface area contributed by atoms with Crippen LogP contribution in [0.1, 0.15) is 45.6 Å². The SMILES string of the molecule is CCOCC(=O)[C@H](CCC(=O)O)NC(=O)[C@H](CC(C)C)NC(=O)OCc1ccccc1. The molecule has 1 aromatic carbocycles. The van der Waals surface area contributed by atoms with Crippen LogP contribution in [0.3, 0.4) is 0 Å². The topological polar surface area (TPSA) is 131 Å². The van der Waals surface area contributed by atoms with Crippen LogP contribution in [0.2, 0.25) is 0 Å². The third kappa shape index (κ3) is 11.1. The lowest BCUT2D eigenvalue weighted by Crippen LogP contribution is -2.52. The van der Waals surface area contributed by atoms with Crippen molar-refractivity contribution in [2.75, 3.05) is 13.2 Å². The summed E-state index contributed by atoms with van der Waals surface area (Å²) in [6.07, 6.45) is -0.797. The van der Waals surface area contributed by atoms with Gasteiger partial charge in [-0.3, -0.25) is 14.4 Å². The van der Waals surface area contributed by atoms with E-state index in [-0.39, 0.29) is 32.0 Å². The fourth-order valence-corrected chi connectivity index (χ4v) is 2.77. The molecule has 0 aliphatic rings. The van der Waals surface area contributed by atoms with Gasteiger partial charge in [0.2, 0.25) is 5.91 Å². The average Bonchev–Trinajstić information content (AvgIpc) is 2.73. The van der Waals surface area contributed by atoms with Crippen molar-refractivity contribution >= 4 is 23.8 Å². The van der Waals surface area contributed by atoms with E-state index in [1.807, 2.05) is 44.2 Å². The standard InChI is InChI=1S/C22H32N2O7/c1-4-30-14-19(25)17(10-11-20(26)27)23-21(28)18(12-15(2)3)24-22(29)31-13-16-8-6-5-7-9-16/h5-9,15,17-18H,4,10-14H2,1-3H3,(H,23,28)(H,24,29)(H,26,27)/t17-,18-/m0/s1. The zero-order valence-corrected chi connectivity index (χ0v) is 18.3. The second kappa shape index (κ2) is 14.1. The Morgan fingerprint density at radius 1 is 1.03 bits per heavy atom. The van der Waals surface area contributed by atoms with Gasteiger partial charge in [-0.1, -0.05) is 44.2 Å². The molecular weight excluding hydrogens is 404 g/mol. The Morgan fingerprint density at radius 3 is 2.29 bits per heavy atom. The van der Waals surface area contributed by atoms with Crippen molar-refractivity contribution in [1.82, 2.24) is 10.6 Å². The molecule has 2 atom stereocenters. The molecule has 0 heterocycles. The Labute approximate surface area is 182 Å². The molecule has 0 spiro atoms. The van der Waals surface area contributed by atoms with Crippen molar-refractivity contribution in [3.05, 3.63) is 35.9 Å². The van der Waals surface area contributed by atoms with E-state index in [4.69, 9.17) is 14.6 Å². The Bertz CT molecular complexity index is 722. The predicted octanol–water partition coefficient (Wildman–Crippen LogP) is 2.28. The van der Waals surface area contributed by atoms with Crippen LogP contribution in [0.25, 0.3) is 0 Å². The van der Waals surface area contributed by atoms with E-state index in [0.717, 1.165) is 5.56 Å². The van der Waals surface area contributed by atoms with Gasteiger partial charge >= 0.3 is 12.1 Å². The summed E-state index contributed by atoms with van der Waals surface area (Å²) >= 11 is 0. The van der Waals surface area contributed by atoms with Gasteiger partial charge in [-0.15, -0.1) is 0 Å². The number of benzene rings is 1. The summed E-state index contributed by atoms with van der Waals surface area (Å²) in [4.78, 5) is 48.3. The van der Waals surface area contributed by atoms with E-state index < -0.39 is 35.8 Å². The first-order chi connectivity index (χ1) is 14.7. The fourth-order valence-electron chi connectivity index (χ4n) is 2.77. The lowest BCUT2D eigenvalue weighted by Gasteiger charge is -2.23. The van der Waals surface area contributed by atoms with Crippen LogP contribution in [0.5, 0.6) is 0 Å². The third-order valence-corrected chi connectivity index (χ3v) is 4.33. The number of Topliss-reactive ketones (excluding diaryl/α,β-unsaturated/α-hetero) is 1. The van der Waals surface area contributed by atoms with Crippen LogP contribution in [-0.4, -0.2) is 54.2 Å². The average molecular weight is 437 g/mol. The normalized spacial score (nSPS) is 12.6. The maximum atomic E-state index is 12.8. The Hall–Kier alpha value is -2.94. The van der Waals surface area contributed by atoms with Gasteiger partial charge in [-0.05, 0) is 31.2 Å². The molecule has 0 aromatic heterocycles. The maximum Gasteiger partial charge on any atom is 0.408 e. The maximum absolute atomic E-state index is 12.8. The Morgan fingerprint density at radius 2 is 1.71 bits per heavy atom. The highest BCUT2D eigenvalue weighted by molar-refractivity contribution is 5.92. The van der Waals surface area contributed by atoms with Crippen molar-refractivity contribution in [3.8, 4) is 0 Å². The summed E-state index contributed by atoms with van der Waals surface area (Å²) in [5, 5.41) is 14.0. The molecular formula is C22H32N2O7. The minimum atomic E-state index is -1.08. The third-order valence-electron chi connectivity index (χ3n) is 4.33. The van der Waals surface area contributed by atoms with Crippen LogP contribution in [0.4, 0.5) is 4.79 Å². The van der Waals surface area contributed by atoms with Gasteiger partial charge in [0.1, 0.15) is 19.3 Å². The van der Waals surface area contributed by atoms with Gasteiger partial charge in [0.15, 0.2) is 5.78 Å². The minimum absolute atomic E-state index is 0.0524. The summed E-state index contributed by atoms with van der Waals surface area (Å²) in [6.45, 7) is 5.63. The minimum Gasteiger partial charge on any atom is -0.481 e. The number of nitrogens with one attached hydrogen (secondary N) is 2. The number of ketones is 1. The Kier molecular flexibility index (Phi) is 11.9. The number of carbonyl (C=O) groups is 4. The summed E-state index contributed by atoms with van der Waals surface area (Å²) in [5.74, 6) is -2.01. The number of aliphatic carboxylic acids is 1. The first-order valence-corrected chi connectivity index (χ1v) is 10.3. The van der Waals surface area contributed by atoms with Crippen LogP contribution in [0.15, 0.2) is 30.3 Å². The molecule has 2 amide bonds. The van der Waals surface area contributed by atoms with Gasteiger partial charge in [-0.2, -0.15) is 0 Å². The molecule has 0 aliphatic heterocycles. The molecule has 1 rings (SSSR count). The van der Waals surface area contributed by atoms with Crippen molar-refractivity contribution in [2.24, 2.45) is 5.92 Å². The largest absolute Gasteiger partial charge is 0.481 e. The number of alkyl carbamates (subject to hydrolysis) is 1. The van der Waals surface area contributed by atoms with Gasteiger partial charge < -0.3 is 25.2 Å². The number of hydrogen-bond donors (Lipinski definition) is 3. The zero-order chi connectivity index (χ0) is 23.2. The molecule has 0 bridgehead atoms. The Balaban J connectivity index is 2.76. The first kappa shape index (κ1) is 26.1. The highest BCUT2D eigenvalue weighted by atomic mass is 16.5. The molecule has 0 saturated heterocycles. The number of rotatable bonds is 14. The highest BCUT2D eigenvalue weighted by Crippen LogP contribution is 2.08. The van der Waals surface area contributed by atoms with Gasteiger partial charge in [-0.25, -0.2) is 4.79 Å². The van der Waals surface area contributed by atoms with E-state index in [0.29, 0.717) is 13.0 Å². The van der Waals surface area contributed by atoms with E-state index in [9.17, 15) is 19.2 Å². The van der Waals surface area contributed by atoms with Crippen molar-refractivity contribution in [1.29, 1.82) is 0 Å². The van der Waals surface area contributed by atoms with Crippen molar-refractivity contribution in [2.45, 2.75) is 58.7 Å². The summed E-state index contributed by atoms with van der Waals surface area (Å²) in [7, 11) is 0. The predicted molar refractivity (Wildman–Crippen MR) is 113 cm³/mol. The number of carboxylic acid groups (broad SMARTS) is 1. The molecule has 9 nitrogen and oxygen atoms in total. The lowest BCUT2D eigenvalue weighted by atomic mass is 10.0. The van der Waals surface area contributed by atoms with Crippen LogP contribution >= 0.6 is 0 Å². The summed E-state index contributed by atoms with van der Waals surface area (Å²) < 4.78 is 10.3. The second-order valence-electron chi connectivity index (χ2n) is 7.49. The van der Waals surface area contributed by atoms with Gasteiger partial charge in [0, 0.05) is 13.0 Å². The number of carbonyl (C=O) groups excluding carboxylic acids is 3. The number of ether oxygens (including phenoxy) is 2. The highest BCUT2D eigenvalue weighted by Gasteiger charge is 2.28. The molecule has 0 unspecified atom stereocenters. The molecule has 0 saturated carbocycles. The van der Waals surface area contributed by atoms with Crippen LogP contribution < -0.4 is 10.6 Å². The second-order valence-corrected chi connectivity index (χ2v) is 7.49. The van der Waals surface area contributed by atoms with Gasteiger partial charge in [0.05, 0.1) is 6.04 Å². The number of amides is 2. The van der Waals surface area contributed by atoms with Crippen LogP contribution in [0, 0.1) is 5.92 Å². The van der Waals surface area contributed by atoms with Crippen molar-refractivity contribution < 1.29 is 33.8 Å². The van der Waals surface area contributed by atoms with E-state index >= 15 is 0 Å².